The van der Waals surface area contributed by atoms with E-state index < -0.39 is 0 Å². The summed E-state index contributed by atoms with van der Waals surface area (Å²) >= 11 is 2.10. The summed E-state index contributed by atoms with van der Waals surface area (Å²) in [6, 6.07) is 0.754. The van der Waals surface area contributed by atoms with E-state index in [0.29, 0.717) is 5.54 Å². The van der Waals surface area contributed by atoms with E-state index in [9.17, 15) is 0 Å². The molecule has 0 saturated carbocycles. The predicted molar refractivity (Wildman–Crippen MR) is 63.7 cm³/mol. The average molecular weight is 214 g/mol. The zero-order chi connectivity index (χ0) is 10.2. The number of hydrogen-bond acceptors (Lipinski definition) is 3. The molecule has 0 bridgehead atoms. The maximum Gasteiger partial charge on any atom is 0.0435 e. The van der Waals surface area contributed by atoms with Crippen LogP contribution in [0.15, 0.2) is 0 Å². The summed E-state index contributed by atoms with van der Waals surface area (Å²) in [6.07, 6.45) is 4.02. The van der Waals surface area contributed by atoms with Crippen molar-refractivity contribution < 1.29 is 0 Å². The first-order chi connectivity index (χ1) is 6.68. The van der Waals surface area contributed by atoms with E-state index in [-0.39, 0.29) is 0 Å². The minimum Gasteiger partial charge on any atom is -0.329 e. The third kappa shape index (κ3) is 1.70. The van der Waals surface area contributed by atoms with Crippen LogP contribution < -0.4 is 5.73 Å². The molecule has 3 atom stereocenters. The van der Waals surface area contributed by atoms with Crippen molar-refractivity contribution in [3.63, 3.8) is 0 Å². The van der Waals surface area contributed by atoms with Crippen molar-refractivity contribution in [3.05, 3.63) is 0 Å². The Morgan fingerprint density at radius 2 is 2.29 bits per heavy atom. The second-order valence-corrected chi connectivity index (χ2v) is 6.37. The minimum atomic E-state index is 0.333. The maximum absolute atomic E-state index is 6.02. The monoisotopic (exact) mass is 214 g/mol. The Labute approximate surface area is 91.6 Å². The molecule has 2 heterocycles. The van der Waals surface area contributed by atoms with E-state index in [1.807, 2.05) is 0 Å². The van der Waals surface area contributed by atoms with E-state index in [2.05, 4.69) is 30.5 Å². The largest absolute Gasteiger partial charge is 0.329 e. The second kappa shape index (κ2) is 4.03. The van der Waals surface area contributed by atoms with Crippen molar-refractivity contribution in [2.24, 2.45) is 5.73 Å². The van der Waals surface area contributed by atoms with Gasteiger partial charge in [0, 0.05) is 29.1 Å². The molecule has 0 radical (unpaired) electrons. The first kappa shape index (κ1) is 10.8. The zero-order valence-electron chi connectivity index (χ0n) is 9.33. The van der Waals surface area contributed by atoms with Gasteiger partial charge in [0.1, 0.15) is 0 Å². The number of rotatable bonds is 2. The first-order valence-electron chi connectivity index (χ1n) is 5.76. The molecule has 2 nitrogen and oxygen atoms in total. The smallest absolute Gasteiger partial charge is 0.0435 e. The maximum atomic E-state index is 6.02. The lowest BCUT2D eigenvalue weighted by molar-refractivity contribution is 0.106. The molecule has 2 aliphatic rings. The number of thioether (sulfide) groups is 1. The highest BCUT2D eigenvalue weighted by Crippen LogP contribution is 2.41. The van der Waals surface area contributed by atoms with E-state index in [0.717, 1.165) is 17.8 Å². The van der Waals surface area contributed by atoms with E-state index in [1.165, 1.54) is 31.6 Å². The third-order valence-electron chi connectivity index (χ3n) is 3.85. The molecule has 3 unspecified atom stereocenters. The fourth-order valence-electron chi connectivity index (χ4n) is 3.05. The summed E-state index contributed by atoms with van der Waals surface area (Å²) in [4.78, 5) is 2.68. The van der Waals surface area contributed by atoms with Gasteiger partial charge in [-0.05, 0) is 32.7 Å². The number of likely N-dealkylation sites (tertiary alicyclic amines) is 1. The zero-order valence-corrected chi connectivity index (χ0v) is 10.1. The Balaban J connectivity index is 2.11. The topological polar surface area (TPSA) is 29.3 Å². The van der Waals surface area contributed by atoms with Crippen LogP contribution in [0.1, 0.15) is 33.1 Å². The van der Waals surface area contributed by atoms with Gasteiger partial charge < -0.3 is 5.73 Å². The Bertz CT molecular complexity index is 209. The van der Waals surface area contributed by atoms with Gasteiger partial charge >= 0.3 is 0 Å². The van der Waals surface area contributed by atoms with Crippen LogP contribution in [0.25, 0.3) is 0 Å². The fraction of sp³-hybridized carbons (Fsp3) is 1.00. The molecule has 14 heavy (non-hydrogen) atoms. The Morgan fingerprint density at radius 3 is 2.71 bits per heavy atom. The van der Waals surface area contributed by atoms with Crippen molar-refractivity contribution >= 4 is 11.8 Å². The molecule has 2 rings (SSSR count). The van der Waals surface area contributed by atoms with Crippen molar-refractivity contribution in [1.29, 1.82) is 0 Å². The van der Waals surface area contributed by atoms with Gasteiger partial charge in [0.2, 0.25) is 0 Å². The molecule has 3 heteroatoms. The molecular weight excluding hydrogens is 192 g/mol. The van der Waals surface area contributed by atoms with Crippen molar-refractivity contribution in [3.8, 4) is 0 Å². The Kier molecular flexibility index (Phi) is 3.10. The van der Waals surface area contributed by atoms with Crippen LogP contribution in [-0.2, 0) is 0 Å². The van der Waals surface area contributed by atoms with Crippen LogP contribution >= 0.6 is 11.8 Å². The first-order valence-corrected chi connectivity index (χ1v) is 6.81. The molecule has 0 spiro atoms. The van der Waals surface area contributed by atoms with Gasteiger partial charge in [-0.2, -0.15) is 11.8 Å². The summed E-state index contributed by atoms with van der Waals surface area (Å²) in [5.74, 6) is 1.25. The molecule has 0 aromatic heterocycles. The van der Waals surface area contributed by atoms with Gasteiger partial charge in [-0.3, -0.25) is 4.90 Å². The Hall–Kier alpha value is 0.270. The fourth-order valence-corrected chi connectivity index (χ4v) is 4.47. The van der Waals surface area contributed by atoms with Crippen LogP contribution in [0.5, 0.6) is 0 Å². The van der Waals surface area contributed by atoms with E-state index >= 15 is 0 Å². The second-order valence-electron chi connectivity index (χ2n) is 4.94. The van der Waals surface area contributed by atoms with E-state index in [1.54, 1.807) is 0 Å². The molecule has 82 valence electrons. The molecule has 2 saturated heterocycles. The number of nitrogens with zero attached hydrogens (tertiary/aromatic N) is 1. The lowest BCUT2D eigenvalue weighted by atomic mass is 9.93. The van der Waals surface area contributed by atoms with Crippen molar-refractivity contribution in [2.45, 2.75) is 49.9 Å². The molecule has 2 fully saturated rings. The number of hydrogen-bond donors (Lipinski definition) is 1. The minimum absolute atomic E-state index is 0.333. The highest BCUT2D eigenvalue weighted by Gasteiger charge is 2.44. The molecule has 0 aromatic carbocycles. The van der Waals surface area contributed by atoms with Gasteiger partial charge in [-0.1, -0.05) is 6.92 Å². The third-order valence-corrected chi connectivity index (χ3v) is 5.29. The highest BCUT2D eigenvalue weighted by molar-refractivity contribution is 8.00. The predicted octanol–water partition coefficient (Wildman–Crippen LogP) is 1.69. The van der Waals surface area contributed by atoms with Crippen LogP contribution in [0.4, 0.5) is 0 Å². The molecule has 0 aliphatic carbocycles. The lowest BCUT2D eigenvalue weighted by Crippen LogP contribution is -2.55. The van der Waals surface area contributed by atoms with Gasteiger partial charge in [-0.15, -0.1) is 0 Å². The van der Waals surface area contributed by atoms with Gasteiger partial charge in [-0.25, -0.2) is 0 Å². The molecular formula is C11H22N2S. The SMILES string of the molecule is CC1CC(CN)(N2CCCC2C)CS1. The van der Waals surface area contributed by atoms with Crippen molar-refractivity contribution in [1.82, 2.24) is 4.90 Å². The van der Waals surface area contributed by atoms with Crippen LogP contribution in [0, 0.1) is 0 Å². The van der Waals surface area contributed by atoms with Gasteiger partial charge in [0.15, 0.2) is 0 Å². The normalized spacial score (nSPS) is 44.8. The van der Waals surface area contributed by atoms with Crippen LogP contribution in [0.2, 0.25) is 0 Å². The van der Waals surface area contributed by atoms with Gasteiger partial charge in [0.25, 0.3) is 0 Å². The summed E-state index contributed by atoms with van der Waals surface area (Å²) in [5.41, 5.74) is 6.35. The summed E-state index contributed by atoms with van der Waals surface area (Å²) in [7, 11) is 0. The van der Waals surface area contributed by atoms with Crippen molar-refractivity contribution in [2.75, 3.05) is 18.8 Å². The molecule has 0 aromatic rings. The summed E-state index contributed by atoms with van der Waals surface area (Å²) in [5, 5.41) is 0.798. The molecule has 0 amide bonds. The molecule has 2 aliphatic heterocycles. The van der Waals surface area contributed by atoms with Crippen LogP contribution in [0.3, 0.4) is 0 Å². The quantitative estimate of drug-likeness (QED) is 0.758. The highest BCUT2D eigenvalue weighted by atomic mass is 32.2. The lowest BCUT2D eigenvalue weighted by Gasteiger charge is -2.40. The summed E-state index contributed by atoms with van der Waals surface area (Å²) in [6.45, 7) is 6.81. The van der Waals surface area contributed by atoms with E-state index in [4.69, 9.17) is 5.73 Å². The average Bonchev–Trinajstić information content (AvgIpc) is 2.73. The van der Waals surface area contributed by atoms with Crippen LogP contribution in [-0.4, -0.2) is 40.6 Å². The molecule has 2 N–H and O–H groups in total. The standard InChI is InChI=1S/C11H22N2S/c1-9-4-3-5-13(9)11(7-12)6-10(2)14-8-11/h9-10H,3-8,12H2,1-2H3. The number of nitrogens with two attached hydrogens (primary N) is 1. The summed E-state index contributed by atoms with van der Waals surface area (Å²) < 4.78 is 0. The van der Waals surface area contributed by atoms with Gasteiger partial charge in [0.05, 0.1) is 0 Å². The Morgan fingerprint density at radius 1 is 1.50 bits per heavy atom.